The van der Waals surface area contributed by atoms with Crippen molar-refractivity contribution in [2.75, 3.05) is 6.61 Å². The average molecular weight is 380 g/mol. The first-order valence-electron chi connectivity index (χ1n) is 7.28. The molecule has 1 aliphatic heterocycles. The van der Waals surface area contributed by atoms with Gasteiger partial charge in [0, 0.05) is 0 Å². The molecule has 0 N–H and O–H groups in total. The zero-order chi connectivity index (χ0) is 19.3. The van der Waals surface area contributed by atoms with Crippen molar-refractivity contribution in [3.8, 4) is 0 Å². The molecular weight excluding hydrogens is 363 g/mol. The number of benzene rings is 1. The minimum absolute atomic E-state index is 0.111. The zero-order valence-corrected chi connectivity index (χ0v) is 14.6. The van der Waals surface area contributed by atoms with Gasteiger partial charge in [0.2, 0.25) is 0 Å². The molecule has 1 amide bonds. The normalized spacial score (nSPS) is 23.7. The minimum atomic E-state index is -4.59. The number of amides is 1. The molecule has 1 aromatic rings. The largest absolute Gasteiger partial charge is 0.529 e. The van der Waals surface area contributed by atoms with Crippen LogP contribution < -0.4 is 5.11 Å². The van der Waals surface area contributed by atoms with E-state index in [1.807, 2.05) is 0 Å². The van der Waals surface area contributed by atoms with Crippen molar-refractivity contribution in [1.82, 2.24) is 4.31 Å². The summed E-state index contributed by atoms with van der Waals surface area (Å²) in [6.07, 6.45) is -6.84. The van der Waals surface area contributed by atoms with E-state index in [1.54, 1.807) is 20.8 Å². The molecule has 0 saturated carbocycles. The maximum Gasteiger partial charge on any atom is 0.416 e. The molecule has 0 aromatic heterocycles. The molecule has 25 heavy (non-hydrogen) atoms. The number of hydrogen-bond acceptors (Lipinski definition) is 5. The molecule has 1 aliphatic rings. The number of alkyl halides is 3. The maximum absolute atomic E-state index is 12.9. The molecule has 0 spiro atoms. The van der Waals surface area contributed by atoms with Crippen molar-refractivity contribution < 1.29 is 35.7 Å². The second-order valence-corrected chi connectivity index (χ2v) is 8.36. The minimum Gasteiger partial charge on any atom is -0.529 e. The Balaban J connectivity index is 2.57. The topological polar surface area (TPSA) is 86.7 Å². The molecule has 0 unspecified atom stereocenters. The molecule has 6 nitrogen and oxygen atoms in total. The van der Waals surface area contributed by atoms with E-state index in [2.05, 4.69) is 4.18 Å². The highest BCUT2D eigenvalue weighted by molar-refractivity contribution is 7.85. The molecule has 0 bridgehead atoms. The Hall–Kier alpha value is -1.81. The summed E-state index contributed by atoms with van der Waals surface area (Å²) in [5.74, 6) is 0. The molecule has 2 rings (SSSR count). The molecule has 0 aliphatic carbocycles. The van der Waals surface area contributed by atoms with E-state index in [0.29, 0.717) is 0 Å². The summed E-state index contributed by atoms with van der Waals surface area (Å²) in [6, 6.07) is 4.31. The van der Waals surface area contributed by atoms with E-state index < -0.39 is 45.7 Å². The van der Waals surface area contributed by atoms with E-state index in [4.69, 9.17) is 0 Å². The second-order valence-electron chi connectivity index (χ2n) is 6.91. The van der Waals surface area contributed by atoms with Crippen LogP contribution in [-0.2, 0) is 27.1 Å². The molecule has 1 fully saturated rings. The fourth-order valence-corrected chi connectivity index (χ4v) is 4.32. The Labute approximate surface area is 143 Å². The molecular formula is C15H17F3NO5S-. The third kappa shape index (κ3) is 3.45. The Kier molecular flexibility index (Phi) is 4.58. The number of hydrogen-bond donors (Lipinski definition) is 0. The van der Waals surface area contributed by atoms with E-state index in [-0.39, 0.29) is 16.3 Å². The van der Waals surface area contributed by atoms with Crippen molar-refractivity contribution in [1.29, 1.82) is 0 Å². The van der Waals surface area contributed by atoms with Gasteiger partial charge in [-0.15, -0.1) is 0 Å². The number of halogens is 3. The Bertz CT molecular complexity index is 785. The van der Waals surface area contributed by atoms with Crippen LogP contribution in [-0.4, -0.2) is 31.0 Å². The number of carbonyl (C=O) groups excluding carboxylic acids is 1. The summed E-state index contributed by atoms with van der Waals surface area (Å²) in [6.45, 7) is 4.24. The molecule has 1 saturated heterocycles. The highest BCUT2D eigenvalue weighted by atomic mass is 32.2. The van der Waals surface area contributed by atoms with E-state index >= 15 is 0 Å². The quantitative estimate of drug-likeness (QED) is 0.783. The Morgan fingerprint density at radius 3 is 2.40 bits per heavy atom. The number of carbonyl (C=O) groups is 1. The van der Waals surface area contributed by atoms with Gasteiger partial charge in [-0.3, -0.25) is 4.18 Å². The number of rotatable bonds is 2. The lowest BCUT2D eigenvalue weighted by atomic mass is 9.70. The molecule has 1 atom stereocenters. The summed E-state index contributed by atoms with van der Waals surface area (Å²) in [4.78, 5) is 11.5. The van der Waals surface area contributed by atoms with Crippen LogP contribution in [0.5, 0.6) is 0 Å². The lowest BCUT2D eigenvalue weighted by molar-refractivity contribution is -0.265. The van der Waals surface area contributed by atoms with Crippen molar-refractivity contribution in [2.24, 2.45) is 5.41 Å². The van der Waals surface area contributed by atoms with Crippen LogP contribution in [0, 0.1) is 5.41 Å². The van der Waals surface area contributed by atoms with E-state index in [0.717, 1.165) is 12.1 Å². The summed E-state index contributed by atoms with van der Waals surface area (Å²) >= 11 is 0. The monoisotopic (exact) mass is 380 g/mol. The number of carboxylic acid groups (broad SMARTS) is 1. The van der Waals surface area contributed by atoms with Crippen LogP contribution in [0.3, 0.4) is 0 Å². The van der Waals surface area contributed by atoms with Gasteiger partial charge >= 0.3 is 16.5 Å². The highest BCUT2D eigenvalue weighted by Crippen LogP contribution is 2.45. The molecule has 1 heterocycles. The van der Waals surface area contributed by atoms with Crippen molar-refractivity contribution >= 4 is 16.4 Å². The Morgan fingerprint density at radius 1 is 1.32 bits per heavy atom. The van der Waals surface area contributed by atoms with Crippen molar-refractivity contribution in [3.05, 3.63) is 35.4 Å². The standard InChI is InChI=1S/C15H18F3NO5S/c1-13(2,3)14(9-24-25(22,23)19(14)12(20)21)8-10-5-4-6-11(7-10)15(16,17)18/h4-7H,8-9H2,1-3H3,(H,20,21)/p-1/t14-/m1/s1. The first kappa shape index (κ1) is 19.5. The molecule has 10 heteroatoms. The summed E-state index contributed by atoms with van der Waals surface area (Å²) in [5, 5.41) is 11.5. The fraction of sp³-hybridized carbons (Fsp3) is 0.533. The third-order valence-electron chi connectivity index (χ3n) is 4.37. The smallest absolute Gasteiger partial charge is 0.416 e. The van der Waals surface area contributed by atoms with Crippen LogP contribution >= 0.6 is 0 Å². The van der Waals surface area contributed by atoms with Gasteiger partial charge in [-0.1, -0.05) is 39.0 Å². The molecule has 0 radical (unpaired) electrons. The lowest BCUT2D eigenvalue weighted by Gasteiger charge is -2.46. The lowest BCUT2D eigenvalue weighted by Crippen LogP contribution is -2.62. The summed E-state index contributed by atoms with van der Waals surface area (Å²) in [5.41, 5.74) is -3.37. The predicted octanol–water partition coefficient (Wildman–Crippen LogP) is 1.95. The van der Waals surface area contributed by atoms with E-state index in [9.17, 15) is 31.5 Å². The van der Waals surface area contributed by atoms with Crippen LogP contribution in [0.1, 0.15) is 31.9 Å². The van der Waals surface area contributed by atoms with Gasteiger partial charge in [0.25, 0.3) is 0 Å². The fourth-order valence-electron chi connectivity index (χ4n) is 2.87. The first-order valence-corrected chi connectivity index (χ1v) is 8.64. The Morgan fingerprint density at radius 2 is 1.92 bits per heavy atom. The van der Waals surface area contributed by atoms with Gasteiger partial charge in [0.1, 0.15) is 0 Å². The van der Waals surface area contributed by atoms with E-state index in [1.165, 1.54) is 12.1 Å². The number of nitrogens with zero attached hydrogens (tertiary/aromatic N) is 1. The van der Waals surface area contributed by atoms with Gasteiger partial charge in [-0.05, 0) is 23.5 Å². The third-order valence-corrected chi connectivity index (χ3v) is 5.73. The summed E-state index contributed by atoms with van der Waals surface area (Å²) in [7, 11) is -4.59. The molecule has 140 valence electrons. The average Bonchev–Trinajstić information content (AvgIpc) is 2.70. The van der Waals surface area contributed by atoms with Gasteiger partial charge in [0.05, 0.1) is 17.7 Å². The molecule has 1 aromatic carbocycles. The first-order chi connectivity index (χ1) is 11.2. The van der Waals surface area contributed by atoms with Gasteiger partial charge in [-0.25, -0.2) is 4.31 Å². The van der Waals surface area contributed by atoms with Crippen LogP contribution in [0.2, 0.25) is 0 Å². The van der Waals surface area contributed by atoms with Crippen LogP contribution in [0.25, 0.3) is 0 Å². The second kappa shape index (κ2) is 5.87. The zero-order valence-electron chi connectivity index (χ0n) is 13.8. The van der Waals surface area contributed by atoms with Gasteiger partial charge in [0.15, 0.2) is 6.09 Å². The predicted molar refractivity (Wildman–Crippen MR) is 79.4 cm³/mol. The highest BCUT2D eigenvalue weighted by Gasteiger charge is 2.58. The van der Waals surface area contributed by atoms with Crippen molar-refractivity contribution in [3.63, 3.8) is 0 Å². The maximum atomic E-state index is 12.9. The van der Waals surface area contributed by atoms with Gasteiger partial charge in [-0.2, -0.15) is 21.6 Å². The van der Waals surface area contributed by atoms with Gasteiger partial charge < -0.3 is 9.90 Å². The van der Waals surface area contributed by atoms with Crippen LogP contribution in [0.4, 0.5) is 18.0 Å². The SMILES string of the molecule is CC(C)(C)[C@@]1(Cc2cccc(C(F)(F)F)c2)COS(=O)(=O)N1C(=O)[O-]. The summed E-state index contributed by atoms with van der Waals surface area (Å²) < 4.78 is 67.5. The van der Waals surface area contributed by atoms with Crippen LogP contribution in [0.15, 0.2) is 24.3 Å². The van der Waals surface area contributed by atoms with Crippen molar-refractivity contribution in [2.45, 2.75) is 38.9 Å².